The van der Waals surface area contributed by atoms with Crippen LogP contribution in [0.4, 0.5) is 5.69 Å². The zero-order valence-electron chi connectivity index (χ0n) is 14.4. The number of carbonyl (C=O) groups excluding carboxylic acids is 1. The summed E-state index contributed by atoms with van der Waals surface area (Å²) in [6.45, 7) is 3.87. The van der Waals surface area contributed by atoms with Crippen LogP contribution in [0.5, 0.6) is 5.75 Å². The van der Waals surface area contributed by atoms with Crippen LogP contribution in [0, 0.1) is 0 Å². The molecule has 0 saturated carbocycles. The maximum absolute atomic E-state index is 12.3. The highest BCUT2D eigenvalue weighted by Gasteiger charge is 2.24. The van der Waals surface area contributed by atoms with E-state index < -0.39 is 0 Å². The molecular formula is C19H24N2O4. The van der Waals surface area contributed by atoms with Crippen molar-refractivity contribution in [2.45, 2.75) is 32.4 Å². The zero-order valence-corrected chi connectivity index (χ0v) is 14.4. The predicted octanol–water partition coefficient (Wildman–Crippen LogP) is 2.89. The molecule has 1 aliphatic rings. The van der Waals surface area contributed by atoms with Crippen LogP contribution in [-0.2, 0) is 6.61 Å². The third kappa shape index (κ3) is 4.14. The fraction of sp³-hybridized carbons (Fsp3) is 0.421. The minimum atomic E-state index is -0.0531. The quantitative estimate of drug-likeness (QED) is 0.843. The van der Waals surface area contributed by atoms with Crippen molar-refractivity contribution in [2.24, 2.45) is 0 Å². The van der Waals surface area contributed by atoms with Gasteiger partial charge in [-0.25, -0.2) is 0 Å². The molecule has 0 unspecified atom stereocenters. The molecule has 2 heterocycles. The molecule has 0 spiro atoms. The minimum absolute atomic E-state index is 0.0239. The molecule has 1 aliphatic heterocycles. The number of amides is 1. The SMILES string of the molecule is CCOc1ccc(NC2CCN(C(=O)c3ccoc3)CC2)cc1CO. The van der Waals surface area contributed by atoms with E-state index in [1.807, 2.05) is 30.0 Å². The van der Waals surface area contributed by atoms with Gasteiger partial charge in [0, 0.05) is 30.4 Å². The molecule has 1 aromatic heterocycles. The number of piperidine rings is 1. The predicted molar refractivity (Wildman–Crippen MR) is 94.8 cm³/mol. The maximum atomic E-state index is 12.3. The van der Waals surface area contributed by atoms with Crippen LogP contribution in [-0.4, -0.2) is 41.7 Å². The monoisotopic (exact) mass is 344 g/mol. The molecule has 25 heavy (non-hydrogen) atoms. The second kappa shape index (κ2) is 8.07. The largest absolute Gasteiger partial charge is 0.494 e. The van der Waals surface area contributed by atoms with E-state index in [1.165, 1.54) is 12.5 Å². The van der Waals surface area contributed by atoms with Crippen molar-refractivity contribution in [3.8, 4) is 5.75 Å². The Labute approximate surface area is 147 Å². The van der Waals surface area contributed by atoms with Crippen LogP contribution < -0.4 is 10.1 Å². The van der Waals surface area contributed by atoms with E-state index in [-0.39, 0.29) is 12.5 Å². The van der Waals surface area contributed by atoms with E-state index >= 15 is 0 Å². The number of nitrogens with one attached hydrogen (secondary N) is 1. The molecule has 3 rings (SSSR count). The first-order valence-electron chi connectivity index (χ1n) is 8.66. The van der Waals surface area contributed by atoms with Gasteiger partial charge in [0.1, 0.15) is 12.0 Å². The number of benzene rings is 1. The Bertz CT molecular complexity index is 691. The summed E-state index contributed by atoms with van der Waals surface area (Å²) in [6.07, 6.45) is 4.77. The lowest BCUT2D eigenvalue weighted by atomic mass is 10.0. The van der Waals surface area contributed by atoms with Crippen LogP contribution in [0.2, 0.25) is 0 Å². The summed E-state index contributed by atoms with van der Waals surface area (Å²) < 4.78 is 10.5. The zero-order chi connectivity index (χ0) is 17.6. The van der Waals surface area contributed by atoms with E-state index in [0.717, 1.165) is 29.8 Å². The molecule has 2 aromatic rings. The smallest absolute Gasteiger partial charge is 0.257 e. The van der Waals surface area contributed by atoms with Gasteiger partial charge in [-0.2, -0.15) is 0 Å². The van der Waals surface area contributed by atoms with E-state index in [0.29, 0.717) is 31.3 Å². The molecule has 134 valence electrons. The van der Waals surface area contributed by atoms with Gasteiger partial charge in [0.05, 0.1) is 25.0 Å². The van der Waals surface area contributed by atoms with Crippen LogP contribution >= 0.6 is 0 Å². The molecule has 1 amide bonds. The second-order valence-corrected chi connectivity index (χ2v) is 6.14. The van der Waals surface area contributed by atoms with Gasteiger partial charge < -0.3 is 24.5 Å². The Morgan fingerprint density at radius 3 is 2.80 bits per heavy atom. The van der Waals surface area contributed by atoms with Gasteiger partial charge in [-0.1, -0.05) is 0 Å². The van der Waals surface area contributed by atoms with Crippen molar-refractivity contribution in [1.29, 1.82) is 0 Å². The Balaban J connectivity index is 1.56. The van der Waals surface area contributed by atoms with E-state index in [2.05, 4.69) is 5.32 Å². The van der Waals surface area contributed by atoms with Crippen molar-refractivity contribution in [3.63, 3.8) is 0 Å². The lowest BCUT2D eigenvalue weighted by Crippen LogP contribution is -2.42. The Kier molecular flexibility index (Phi) is 5.60. The first-order chi connectivity index (χ1) is 12.2. The topological polar surface area (TPSA) is 74.9 Å². The lowest BCUT2D eigenvalue weighted by molar-refractivity contribution is 0.0717. The van der Waals surface area contributed by atoms with E-state index in [1.54, 1.807) is 6.07 Å². The van der Waals surface area contributed by atoms with Gasteiger partial charge in [0.2, 0.25) is 0 Å². The van der Waals surface area contributed by atoms with Gasteiger partial charge in [-0.15, -0.1) is 0 Å². The number of likely N-dealkylation sites (tertiary alicyclic amines) is 1. The van der Waals surface area contributed by atoms with Crippen molar-refractivity contribution in [1.82, 2.24) is 4.90 Å². The standard InChI is InChI=1S/C19H24N2O4/c1-2-25-18-4-3-17(11-15(18)12-22)20-16-5-8-21(9-6-16)19(23)14-7-10-24-13-14/h3-4,7,10-11,13,16,20,22H,2,5-6,8-9,12H2,1H3. The minimum Gasteiger partial charge on any atom is -0.494 e. The van der Waals surface area contributed by atoms with Gasteiger partial charge in [0.25, 0.3) is 5.91 Å². The van der Waals surface area contributed by atoms with Crippen LogP contribution in [0.15, 0.2) is 41.2 Å². The van der Waals surface area contributed by atoms with Gasteiger partial charge in [0.15, 0.2) is 0 Å². The highest BCUT2D eigenvalue weighted by molar-refractivity contribution is 5.93. The third-order valence-corrected chi connectivity index (χ3v) is 4.45. The average Bonchev–Trinajstić information content (AvgIpc) is 3.18. The number of hydrogen-bond acceptors (Lipinski definition) is 5. The highest BCUT2D eigenvalue weighted by Crippen LogP contribution is 2.25. The molecule has 0 bridgehead atoms. The van der Waals surface area contributed by atoms with Gasteiger partial charge in [-0.05, 0) is 44.0 Å². The summed E-state index contributed by atoms with van der Waals surface area (Å²) in [5, 5.41) is 13.0. The van der Waals surface area contributed by atoms with Gasteiger partial charge >= 0.3 is 0 Å². The molecule has 1 saturated heterocycles. The third-order valence-electron chi connectivity index (χ3n) is 4.45. The van der Waals surface area contributed by atoms with Crippen molar-refractivity contribution in [2.75, 3.05) is 25.0 Å². The lowest BCUT2D eigenvalue weighted by Gasteiger charge is -2.32. The number of anilines is 1. The molecule has 0 atom stereocenters. The molecule has 1 fully saturated rings. The van der Waals surface area contributed by atoms with Crippen LogP contribution in [0.3, 0.4) is 0 Å². The van der Waals surface area contributed by atoms with Gasteiger partial charge in [-0.3, -0.25) is 4.79 Å². The van der Waals surface area contributed by atoms with Crippen molar-refractivity contribution in [3.05, 3.63) is 47.9 Å². The van der Waals surface area contributed by atoms with Crippen molar-refractivity contribution < 1.29 is 19.1 Å². The maximum Gasteiger partial charge on any atom is 0.257 e. The summed E-state index contributed by atoms with van der Waals surface area (Å²) in [5.74, 6) is 0.743. The number of furan rings is 1. The normalized spacial score (nSPS) is 15.2. The number of ether oxygens (including phenoxy) is 1. The number of rotatable bonds is 6. The summed E-state index contributed by atoms with van der Waals surface area (Å²) in [5.41, 5.74) is 2.34. The first-order valence-corrected chi connectivity index (χ1v) is 8.66. The fourth-order valence-corrected chi connectivity index (χ4v) is 3.12. The summed E-state index contributed by atoms with van der Waals surface area (Å²) in [4.78, 5) is 14.2. The molecule has 0 aliphatic carbocycles. The van der Waals surface area contributed by atoms with E-state index in [4.69, 9.17) is 9.15 Å². The molecule has 1 aromatic carbocycles. The Hall–Kier alpha value is -2.47. The summed E-state index contributed by atoms with van der Waals surface area (Å²) >= 11 is 0. The summed E-state index contributed by atoms with van der Waals surface area (Å²) in [7, 11) is 0. The van der Waals surface area contributed by atoms with Crippen LogP contribution in [0.25, 0.3) is 0 Å². The average molecular weight is 344 g/mol. The van der Waals surface area contributed by atoms with Crippen LogP contribution in [0.1, 0.15) is 35.7 Å². The number of aliphatic hydroxyl groups excluding tert-OH is 1. The van der Waals surface area contributed by atoms with Crippen molar-refractivity contribution >= 4 is 11.6 Å². The number of hydrogen-bond donors (Lipinski definition) is 2. The number of carbonyl (C=O) groups is 1. The molecule has 0 radical (unpaired) electrons. The van der Waals surface area contributed by atoms with E-state index in [9.17, 15) is 9.90 Å². The first kappa shape index (κ1) is 17.4. The number of nitrogens with zero attached hydrogens (tertiary/aromatic N) is 1. The number of aliphatic hydroxyl groups is 1. The second-order valence-electron chi connectivity index (χ2n) is 6.14. The Morgan fingerprint density at radius 1 is 1.36 bits per heavy atom. The summed E-state index contributed by atoms with van der Waals surface area (Å²) in [6, 6.07) is 7.77. The Morgan fingerprint density at radius 2 is 2.16 bits per heavy atom. The molecular weight excluding hydrogens is 320 g/mol. The molecule has 2 N–H and O–H groups in total. The molecule has 6 nitrogen and oxygen atoms in total. The molecule has 6 heteroatoms. The fourth-order valence-electron chi connectivity index (χ4n) is 3.12. The highest BCUT2D eigenvalue weighted by atomic mass is 16.5.